The van der Waals surface area contributed by atoms with Crippen molar-refractivity contribution in [1.29, 1.82) is 0 Å². The summed E-state index contributed by atoms with van der Waals surface area (Å²) >= 11 is 0. The first-order valence-corrected chi connectivity index (χ1v) is 8.48. The number of carboxylic acids is 1. The highest BCUT2D eigenvalue weighted by molar-refractivity contribution is 6.05. The zero-order valence-corrected chi connectivity index (χ0v) is 14.6. The summed E-state index contributed by atoms with van der Waals surface area (Å²) in [6.07, 6.45) is 1.00. The van der Waals surface area contributed by atoms with Crippen molar-refractivity contribution in [3.05, 3.63) is 59.7 Å². The van der Waals surface area contributed by atoms with E-state index >= 15 is 0 Å². The van der Waals surface area contributed by atoms with Crippen LogP contribution in [0.4, 0.5) is 11.4 Å². The van der Waals surface area contributed by atoms with Crippen LogP contribution in [0, 0.1) is 0 Å². The molecule has 2 aromatic rings. The third kappa shape index (κ3) is 5.73. The molecule has 0 spiro atoms. The van der Waals surface area contributed by atoms with Crippen molar-refractivity contribution in [2.75, 3.05) is 10.6 Å². The molecule has 2 aromatic carbocycles. The molecule has 0 aliphatic carbocycles. The first-order chi connectivity index (χ1) is 12.5. The number of aliphatic carboxylic acids is 1. The van der Waals surface area contributed by atoms with Crippen LogP contribution in [0.3, 0.4) is 0 Å². The van der Waals surface area contributed by atoms with E-state index in [1.807, 2.05) is 31.2 Å². The molecule has 0 aliphatic heterocycles. The highest BCUT2D eigenvalue weighted by atomic mass is 16.4. The number of carbonyl (C=O) groups excluding carboxylic acids is 3. The van der Waals surface area contributed by atoms with Crippen molar-refractivity contribution in [3.63, 3.8) is 0 Å². The zero-order valence-electron chi connectivity index (χ0n) is 14.6. The molecule has 0 aromatic heterocycles. The van der Waals surface area contributed by atoms with Crippen molar-refractivity contribution in [2.24, 2.45) is 0 Å². The van der Waals surface area contributed by atoms with Gasteiger partial charge in [0.05, 0.1) is 0 Å². The Kier molecular flexibility index (Phi) is 6.91. The van der Waals surface area contributed by atoms with Gasteiger partial charge in [0.15, 0.2) is 0 Å². The predicted molar refractivity (Wildman–Crippen MR) is 97.7 cm³/mol. The number of nitrogens with one attached hydrogen (secondary N) is 2. The fourth-order valence-electron chi connectivity index (χ4n) is 2.47. The van der Waals surface area contributed by atoms with Gasteiger partial charge in [-0.2, -0.15) is 0 Å². The fraction of sp³-hybridized carbons (Fsp3) is 0.250. The maximum absolute atomic E-state index is 12.4. The number of hydrogen-bond donors (Lipinski definition) is 2. The minimum Gasteiger partial charge on any atom is -0.550 e. The summed E-state index contributed by atoms with van der Waals surface area (Å²) in [5.41, 5.74) is 2.87. The molecule has 6 nitrogen and oxygen atoms in total. The Morgan fingerprint density at radius 1 is 0.923 bits per heavy atom. The van der Waals surface area contributed by atoms with Crippen LogP contribution in [0.2, 0.25) is 0 Å². The number of aryl methyl sites for hydroxylation is 1. The Labute approximate surface area is 152 Å². The molecule has 0 bridgehead atoms. The molecule has 2 rings (SSSR count). The molecular weight excluding hydrogens is 332 g/mol. The van der Waals surface area contributed by atoms with Gasteiger partial charge in [0.2, 0.25) is 5.91 Å². The van der Waals surface area contributed by atoms with Crippen LogP contribution in [0.15, 0.2) is 48.5 Å². The molecule has 0 saturated carbocycles. The lowest BCUT2D eigenvalue weighted by Gasteiger charge is -2.10. The van der Waals surface area contributed by atoms with Gasteiger partial charge in [-0.05, 0) is 55.2 Å². The summed E-state index contributed by atoms with van der Waals surface area (Å²) in [4.78, 5) is 34.4. The lowest BCUT2D eigenvalue weighted by molar-refractivity contribution is -0.305. The lowest BCUT2D eigenvalue weighted by atomic mass is 10.1. The standard InChI is InChI=1S/C20H22N2O4/c1-2-14-6-3-4-7-17(14)22-20(26)15-10-12-16(13-11-15)21-18(23)8-5-9-19(24)25/h3-4,6-7,10-13H,2,5,8-9H2,1H3,(H,21,23)(H,22,26)(H,24,25)/p-1. The molecule has 0 saturated heterocycles. The molecular formula is C20H21N2O4-. The van der Waals surface area contributed by atoms with Gasteiger partial charge in [0.1, 0.15) is 0 Å². The number of para-hydroxylation sites is 1. The maximum atomic E-state index is 12.4. The fourth-order valence-corrected chi connectivity index (χ4v) is 2.47. The van der Waals surface area contributed by atoms with Crippen molar-refractivity contribution in [2.45, 2.75) is 32.6 Å². The number of carboxylic acid groups (broad SMARTS) is 1. The third-order valence-corrected chi connectivity index (χ3v) is 3.86. The van der Waals surface area contributed by atoms with Crippen molar-refractivity contribution in [3.8, 4) is 0 Å². The summed E-state index contributed by atoms with van der Waals surface area (Å²) in [6, 6.07) is 14.1. The minimum absolute atomic E-state index is 0.101. The van der Waals surface area contributed by atoms with Crippen LogP contribution >= 0.6 is 0 Å². The summed E-state index contributed by atoms with van der Waals surface area (Å²) in [6.45, 7) is 2.02. The quantitative estimate of drug-likeness (QED) is 0.761. The minimum atomic E-state index is -1.17. The smallest absolute Gasteiger partial charge is 0.255 e. The topological polar surface area (TPSA) is 98.3 Å². The Balaban J connectivity index is 1.93. The van der Waals surface area contributed by atoms with Crippen molar-refractivity contribution >= 4 is 29.2 Å². The van der Waals surface area contributed by atoms with Gasteiger partial charge in [-0.1, -0.05) is 25.1 Å². The molecule has 2 N–H and O–H groups in total. The first kappa shape index (κ1) is 19.2. The summed E-state index contributed by atoms with van der Waals surface area (Å²) < 4.78 is 0. The number of anilines is 2. The third-order valence-electron chi connectivity index (χ3n) is 3.86. The Hall–Kier alpha value is -3.15. The van der Waals surface area contributed by atoms with E-state index in [2.05, 4.69) is 10.6 Å². The van der Waals surface area contributed by atoms with E-state index in [0.717, 1.165) is 17.7 Å². The van der Waals surface area contributed by atoms with Gasteiger partial charge in [0.25, 0.3) is 5.91 Å². The van der Waals surface area contributed by atoms with Crippen LogP contribution in [0.5, 0.6) is 0 Å². The van der Waals surface area contributed by atoms with Crippen LogP contribution < -0.4 is 15.7 Å². The number of amides is 2. The van der Waals surface area contributed by atoms with E-state index in [-0.39, 0.29) is 31.1 Å². The molecule has 26 heavy (non-hydrogen) atoms. The Morgan fingerprint density at radius 3 is 2.27 bits per heavy atom. The van der Waals surface area contributed by atoms with E-state index in [1.54, 1.807) is 24.3 Å². The second kappa shape index (κ2) is 9.36. The molecule has 2 amide bonds. The molecule has 0 aliphatic rings. The average molecular weight is 353 g/mol. The van der Waals surface area contributed by atoms with Gasteiger partial charge in [0, 0.05) is 29.3 Å². The highest BCUT2D eigenvalue weighted by Crippen LogP contribution is 2.17. The first-order valence-electron chi connectivity index (χ1n) is 8.48. The average Bonchev–Trinajstić information content (AvgIpc) is 2.62. The van der Waals surface area contributed by atoms with Crippen LogP contribution in [-0.4, -0.2) is 17.8 Å². The summed E-state index contributed by atoms with van der Waals surface area (Å²) in [7, 11) is 0. The Morgan fingerprint density at radius 2 is 1.62 bits per heavy atom. The normalized spacial score (nSPS) is 10.2. The zero-order chi connectivity index (χ0) is 18.9. The van der Waals surface area contributed by atoms with Gasteiger partial charge in [-0.3, -0.25) is 9.59 Å². The number of benzene rings is 2. The second-order valence-corrected chi connectivity index (χ2v) is 5.82. The van der Waals surface area contributed by atoms with Gasteiger partial charge >= 0.3 is 0 Å². The van der Waals surface area contributed by atoms with Crippen LogP contribution in [0.1, 0.15) is 42.1 Å². The van der Waals surface area contributed by atoms with E-state index < -0.39 is 5.97 Å². The number of carbonyl (C=O) groups is 3. The lowest BCUT2D eigenvalue weighted by Crippen LogP contribution is -2.22. The SMILES string of the molecule is CCc1ccccc1NC(=O)c1ccc(NC(=O)CCCC(=O)[O-])cc1. The molecule has 0 fully saturated rings. The molecule has 0 unspecified atom stereocenters. The molecule has 0 heterocycles. The Bertz CT molecular complexity index is 785. The van der Waals surface area contributed by atoms with E-state index in [4.69, 9.17) is 0 Å². The van der Waals surface area contributed by atoms with Crippen molar-refractivity contribution in [1.82, 2.24) is 0 Å². The summed E-state index contributed by atoms with van der Waals surface area (Å²) in [5, 5.41) is 15.9. The van der Waals surface area contributed by atoms with Crippen LogP contribution in [0.25, 0.3) is 0 Å². The maximum Gasteiger partial charge on any atom is 0.255 e. The molecule has 0 atom stereocenters. The highest BCUT2D eigenvalue weighted by Gasteiger charge is 2.09. The number of rotatable bonds is 8. The predicted octanol–water partition coefficient (Wildman–Crippen LogP) is 2.36. The second-order valence-electron chi connectivity index (χ2n) is 5.82. The van der Waals surface area contributed by atoms with Gasteiger partial charge in [-0.15, -0.1) is 0 Å². The molecule has 6 heteroatoms. The van der Waals surface area contributed by atoms with Gasteiger partial charge in [-0.25, -0.2) is 0 Å². The molecule has 0 radical (unpaired) electrons. The van der Waals surface area contributed by atoms with Crippen molar-refractivity contribution < 1.29 is 19.5 Å². The van der Waals surface area contributed by atoms with E-state index in [1.165, 1.54) is 0 Å². The van der Waals surface area contributed by atoms with E-state index in [9.17, 15) is 19.5 Å². The monoisotopic (exact) mass is 353 g/mol. The van der Waals surface area contributed by atoms with Gasteiger partial charge < -0.3 is 20.5 Å². The van der Waals surface area contributed by atoms with Crippen LogP contribution in [-0.2, 0) is 16.0 Å². The number of hydrogen-bond acceptors (Lipinski definition) is 4. The largest absolute Gasteiger partial charge is 0.550 e. The van der Waals surface area contributed by atoms with E-state index in [0.29, 0.717) is 11.3 Å². The molecule has 136 valence electrons. The summed E-state index contributed by atoms with van der Waals surface area (Å²) in [5.74, 6) is -1.67.